The van der Waals surface area contributed by atoms with E-state index in [9.17, 15) is 10.1 Å². The van der Waals surface area contributed by atoms with Crippen LogP contribution >= 0.6 is 0 Å². The summed E-state index contributed by atoms with van der Waals surface area (Å²) in [6, 6.07) is 19.0. The maximum Gasteiger partial charge on any atom is 0.246 e. The van der Waals surface area contributed by atoms with Crippen molar-refractivity contribution in [3.63, 3.8) is 0 Å². The fraction of sp³-hybridized carbons (Fsp3) is 0.227. The van der Waals surface area contributed by atoms with Crippen molar-refractivity contribution in [2.24, 2.45) is 0 Å². The maximum absolute atomic E-state index is 12.5. The summed E-state index contributed by atoms with van der Waals surface area (Å²) in [6.07, 6.45) is 4.22. The normalized spacial score (nSPS) is 14.4. The number of hydrogen-bond acceptors (Lipinski definition) is 4. The number of nitrogens with zero attached hydrogens (tertiary/aromatic N) is 4. The number of hydrogen-bond donors (Lipinski definition) is 0. The number of benzene rings is 2. The number of nitriles is 2. The van der Waals surface area contributed by atoms with E-state index >= 15 is 0 Å². The quantitative estimate of drug-likeness (QED) is 0.792. The zero-order valence-corrected chi connectivity index (χ0v) is 15.0. The summed E-state index contributed by atoms with van der Waals surface area (Å²) in [6.45, 7) is 2.84. The Hall–Kier alpha value is -3.57. The summed E-state index contributed by atoms with van der Waals surface area (Å²) in [5.41, 5.74) is 3.09. The van der Waals surface area contributed by atoms with E-state index in [1.807, 2.05) is 41.3 Å². The van der Waals surface area contributed by atoms with Crippen LogP contribution in [0.2, 0.25) is 0 Å². The van der Waals surface area contributed by atoms with E-state index in [2.05, 4.69) is 17.0 Å². The van der Waals surface area contributed by atoms with Crippen molar-refractivity contribution < 1.29 is 4.79 Å². The molecule has 27 heavy (non-hydrogen) atoms. The fourth-order valence-corrected chi connectivity index (χ4v) is 3.16. The molecule has 0 atom stereocenters. The van der Waals surface area contributed by atoms with Crippen LogP contribution in [-0.4, -0.2) is 37.0 Å². The number of carbonyl (C=O) groups is 1. The summed E-state index contributed by atoms with van der Waals surface area (Å²) in [5.74, 6) is -0.0187. The molecule has 1 aliphatic heterocycles. The number of rotatable bonds is 3. The van der Waals surface area contributed by atoms with Gasteiger partial charge >= 0.3 is 0 Å². The molecule has 0 spiro atoms. The fourth-order valence-electron chi connectivity index (χ4n) is 3.16. The Kier molecular flexibility index (Phi) is 5.87. The van der Waals surface area contributed by atoms with Crippen LogP contribution in [0.4, 0.5) is 5.69 Å². The lowest BCUT2D eigenvalue weighted by atomic mass is 10.1. The highest BCUT2D eigenvalue weighted by molar-refractivity contribution is 5.91. The van der Waals surface area contributed by atoms with Crippen molar-refractivity contribution >= 4 is 17.7 Å². The lowest BCUT2D eigenvalue weighted by Crippen LogP contribution is -2.34. The molecule has 134 valence electrons. The zero-order valence-electron chi connectivity index (χ0n) is 15.0. The summed E-state index contributed by atoms with van der Waals surface area (Å²) >= 11 is 0. The SMILES string of the molecule is N#Cc1ccc(/C=C/C(=O)N2CCCN(c3ccccc3C#N)CC2)cc1. The molecule has 1 heterocycles. The van der Waals surface area contributed by atoms with Gasteiger partial charge in [0.05, 0.1) is 22.9 Å². The number of amides is 1. The van der Waals surface area contributed by atoms with Crippen LogP contribution in [0, 0.1) is 22.7 Å². The molecule has 0 N–H and O–H groups in total. The lowest BCUT2D eigenvalue weighted by Gasteiger charge is -2.24. The van der Waals surface area contributed by atoms with Gasteiger partial charge in [-0.15, -0.1) is 0 Å². The van der Waals surface area contributed by atoms with Gasteiger partial charge in [0.25, 0.3) is 0 Å². The Morgan fingerprint density at radius 2 is 1.70 bits per heavy atom. The molecule has 0 aromatic heterocycles. The Labute approximate surface area is 159 Å². The monoisotopic (exact) mass is 356 g/mol. The van der Waals surface area contributed by atoms with Gasteiger partial charge in [0.1, 0.15) is 6.07 Å². The summed E-state index contributed by atoms with van der Waals surface area (Å²) < 4.78 is 0. The van der Waals surface area contributed by atoms with Crippen LogP contribution in [0.25, 0.3) is 6.08 Å². The van der Waals surface area contributed by atoms with E-state index in [1.165, 1.54) is 0 Å². The van der Waals surface area contributed by atoms with E-state index in [-0.39, 0.29) is 5.91 Å². The molecule has 0 saturated carbocycles. The predicted octanol–water partition coefficient (Wildman–Crippen LogP) is 3.18. The van der Waals surface area contributed by atoms with Crippen LogP contribution in [0.1, 0.15) is 23.1 Å². The molecular weight excluding hydrogens is 336 g/mol. The first-order valence-electron chi connectivity index (χ1n) is 8.92. The highest BCUT2D eigenvalue weighted by Crippen LogP contribution is 2.21. The van der Waals surface area contributed by atoms with E-state index in [0.717, 1.165) is 24.2 Å². The van der Waals surface area contributed by atoms with Crippen molar-refractivity contribution in [2.75, 3.05) is 31.1 Å². The molecule has 5 nitrogen and oxygen atoms in total. The van der Waals surface area contributed by atoms with Gasteiger partial charge in [-0.05, 0) is 42.3 Å². The van der Waals surface area contributed by atoms with Crippen molar-refractivity contribution in [3.05, 3.63) is 71.3 Å². The van der Waals surface area contributed by atoms with Crippen molar-refractivity contribution in [1.82, 2.24) is 4.90 Å². The van der Waals surface area contributed by atoms with Crippen LogP contribution in [0.5, 0.6) is 0 Å². The Balaban J connectivity index is 1.63. The smallest absolute Gasteiger partial charge is 0.246 e. The van der Waals surface area contributed by atoms with Gasteiger partial charge in [-0.3, -0.25) is 4.79 Å². The minimum Gasteiger partial charge on any atom is -0.369 e. The third kappa shape index (κ3) is 4.54. The second kappa shape index (κ2) is 8.69. The minimum atomic E-state index is -0.0187. The Morgan fingerprint density at radius 1 is 0.926 bits per heavy atom. The summed E-state index contributed by atoms with van der Waals surface area (Å²) in [4.78, 5) is 16.5. The molecule has 1 fully saturated rings. The predicted molar refractivity (Wildman–Crippen MR) is 105 cm³/mol. The van der Waals surface area contributed by atoms with E-state index in [1.54, 1.807) is 24.3 Å². The summed E-state index contributed by atoms with van der Waals surface area (Å²) in [7, 11) is 0. The number of carbonyl (C=O) groups excluding carboxylic acids is 1. The molecule has 1 amide bonds. The van der Waals surface area contributed by atoms with Gasteiger partial charge in [-0.2, -0.15) is 10.5 Å². The van der Waals surface area contributed by atoms with E-state index < -0.39 is 0 Å². The largest absolute Gasteiger partial charge is 0.369 e. The average molecular weight is 356 g/mol. The van der Waals surface area contributed by atoms with Crippen LogP contribution in [0.15, 0.2) is 54.6 Å². The molecule has 0 bridgehead atoms. The third-order valence-corrected chi connectivity index (χ3v) is 4.63. The highest BCUT2D eigenvalue weighted by atomic mass is 16.2. The van der Waals surface area contributed by atoms with Gasteiger partial charge in [0, 0.05) is 32.3 Å². The highest BCUT2D eigenvalue weighted by Gasteiger charge is 2.19. The van der Waals surface area contributed by atoms with Gasteiger partial charge in [0.2, 0.25) is 5.91 Å². The molecule has 5 heteroatoms. The number of anilines is 1. The molecule has 0 unspecified atom stereocenters. The second-order valence-electron chi connectivity index (χ2n) is 6.36. The number of para-hydroxylation sites is 1. The van der Waals surface area contributed by atoms with Gasteiger partial charge < -0.3 is 9.80 Å². The second-order valence-corrected chi connectivity index (χ2v) is 6.36. The molecular formula is C22H20N4O. The topological polar surface area (TPSA) is 71.1 Å². The average Bonchev–Trinajstić information content (AvgIpc) is 2.98. The molecule has 0 radical (unpaired) electrons. The first-order valence-corrected chi connectivity index (χ1v) is 8.92. The molecule has 2 aromatic rings. The molecule has 1 saturated heterocycles. The van der Waals surface area contributed by atoms with E-state index in [0.29, 0.717) is 30.8 Å². The van der Waals surface area contributed by atoms with E-state index in [4.69, 9.17) is 5.26 Å². The standard InChI is InChI=1S/C22H20N4O/c23-16-19-8-6-18(7-9-19)10-11-22(27)26-13-3-12-25(14-15-26)21-5-2-1-4-20(21)17-24/h1-2,4-11H,3,12-15H2/b11-10+. The van der Waals surface area contributed by atoms with Crippen molar-refractivity contribution in [1.29, 1.82) is 10.5 Å². The van der Waals surface area contributed by atoms with Gasteiger partial charge in [-0.1, -0.05) is 24.3 Å². The Bertz CT molecular complexity index is 919. The van der Waals surface area contributed by atoms with Crippen LogP contribution in [0.3, 0.4) is 0 Å². The Morgan fingerprint density at radius 3 is 2.44 bits per heavy atom. The van der Waals surface area contributed by atoms with Crippen LogP contribution in [-0.2, 0) is 4.79 Å². The molecule has 1 aliphatic rings. The molecule has 3 rings (SSSR count). The molecule has 2 aromatic carbocycles. The summed E-state index contributed by atoms with van der Waals surface area (Å²) in [5, 5.41) is 18.1. The van der Waals surface area contributed by atoms with Gasteiger partial charge in [0.15, 0.2) is 0 Å². The van der Waals surface area contributed by atoms with Gasteiger partial charge in [-0.25, -0.2) is 0 Å². The first-order chi connectivity index (χ1) is 13.2. The molecule has 0 aliphatic carbocycles. The third-order valence-electron chi connectivity index (χ3n) is 4.63. The minimum absolute atomic E-state index is 0.0187. The van der Waals surface area contributed by atoms with Crippen molar-refractivity contribution in [3.8, 4) is 12.1 Å². The first kappa shape index (κ1) is 18.2. The van der Waals surface area contributed by atoms with Crippen LogP contribution < -0.4 is 4.90 Å². The maximum atomic E-state index is 12.5. The lowest BCUT2D eigenvalue weighted by molar-refractivity contribution is -0.125. The van der Waals surface area contributed by atoms with Crippen molar-refractivity contribution in [2.45, 2.75) is 6.42 Å². The zero-order chi connectivity index (χ0) is 19.1.